The Bertz CT molecular complexity index is 381. The van der Waals surface area contributed by atoms with Crippen LogP contribution in [0.2, 0.25) is 0 Å². The predicted octanol–water partition coefficient (Wildman–Crippen LogP) is 1.17. The topological polar surface area (TPSA) is 87.7 Å². The first kappa shape index (κ1) is 15.5. The SMILES string of the molecule is CC1CC(C(=O)NCC(F)(F)C(F)F)(C(N)=NO)C1. The normalized spacial score (nSPS) is 28.1. The summed E-state index contributed by atoms with van der Waals surface area (Å²) in [5.74, 6) is -5.54. The van der Waals surface area contributed by atoms with Crippen molar-refractivity contribution in [2.24, 2.45) is 22.2 Å². The first-order chi connectivity index (χ1) is 8.65. The van der Waals surface area contributed by atoms with Crippen molar-refractivity contribution in [2.75, 3.05) is 6.54 Å². The predicted molar refractivity (Wildman–Crippen MR) is 58.2 cm³/mol. The molecule has 0 radical (unpaired) electrons. The van der Waals surface area contributed by atoms with Gasteiger partial charge in [-0.1, -0.05) is 12.1 Å². The summed E-state index contributed by atoms with van der Waals surface area (Å²) in [7, 11) is 0. The van der Waals surface area contributed by atoms with E-state index in [-0.39, 0.29) is 18.8 Å². The minimum atomic E-state index is -4.31. The Morgan fingerprint density at radius 3 is 2.47 bits per heavy atom. The zero-order chi connectivity index (χ0) is 14.8. The number of nitrogens with zero attached hydrogens (tertiary/aromatic N) is 1. The maximum Gasteiger partial charge on any atom is 0.324 e. The summed E-state index contributed by atoms with van der Waals surface area (Å²) in [6, 6.07) is 0. The fraction of sp³-hybridized carbons (Fsp3) is 0.800. The molecule has 0 aliphatic heterocycles. The molecular formula is C10H15F4N3O2. The lowest BCUT2D eigenvalue weighted by Crippen LogP contribution is -2.58. The number of alkyl halides is 4. The van der Waals surface area contributed by atoms with Crippen LogP contribution >= 0.6 is 0 Å². The van der Waals surface area contributed by atoms with E-state index in [4.69, 9.17) is 10.9 Å². The van der Waals surface area contributed by atoms with Crippen LogP contribution in [0.3, 0.4) is 0 Å². The third-order valence-corrected chi connectivity index (χ3v) is 3.23. The number of nitrogens with two attached hydrogens (primary N) is 1. The van der Waals surface area contributed by atoms with Gasteiger partial charge in [-0.15, -0.1) is 0 Å². The molecule has 1 fully saturated rings. The van der Waals surface area contributed by atoms with Gasteiger partial charge < -0.3 is 16.3 Å². The molecule has 1 saturated carbocycles. The molecule has 1 aliphatic carbocycles. The van der Waals surface area contributed by atoms with Crippen molar-refractivity contribution in [1.82, 2.24) is 5.32 Å². The standard InChI is InChI=1S/C10H15F4N3O2/c1-5-2-9(3-5,7(15)17-19)8(18)16-4-10(13,14)6(11)12/h5-6,19H,2-4H2,1H3,(H2,15,17)(H,16,18). The van der Waals surface area contributed by atoms with Gasteiger partial charge in [-0.2, -0.15) is 8.78 Å². The molecule has 0 unspecified atom stereocenters. The molecule has 19 heavy (non-hydrogen) atoms. The molecule has 5 nitrogen and oxygen atoms in total. The van der Waals surface area contributed by atoms with Crippen LogP contribution in [0.15, 0.2) is 5.16 Å². The fourth-order valence-electron chi connectivity index (χ4n) is 2.18. The lowest BCUT2D eigenvalue weighted by atomic mass is 9.61. The molecule has 1 aliphatic rings. The van der Waals surface area contributed by atoms with Crippen molar-refractivity contribution in [3.8, 4) is 0 Å². The van der Waals surface area contributed by atoms with E-state index in [0.717, 1.165) is 0 Å². The molecule has 0 spiro atoms. The van der Waals surface area contributed by atoms with E-state index >= 15 is 0 Å². The van der Waals surface area contributed by atoms with E-state index in [2.05, 4.69) is 5.16 Å². The largest absolute Gasteiger partial charge is 0.409 e. The molecule has 4 N–H and O–H groups in total. The van der Waals surface area contributed by atoms with Gasteiger partial charge in [0.2, 0.25) is 5.91 Å². The van der Waals surface area contributed by atoms with Crippen LogP contribution in [-0.4, -0.2) is 35.8 Å². The molecule has 0 saturated heterocycles. The minimum Gasteiger partial charge on any atom is -0.409 e. The number of amides is 1. The summed E-state index contributed by atoms with van der Waals surface area (Å²) in [4.78, 5) is 11.8. The lowest BCUT2D eigenvalue weighted by molar-refractivity contribution is -0.144. The molecule has 0 aromatic rings. The van der Waals surface area contributed by atoms with Gasteiger partial charge >= 0.3 is 12.3 Å². The van der Waals surface area contributed by atoms with Gasteiger partial charge in [0.05, 0.1) is 6.54 Å². The molecule has 1 amide bonds. The summed E-state index contributed by atoms with van der Waals surface area (Å²) >= 11 is 0. The number of hydrogen-bond donors (Lipinski definition) is 3. The molecule has 0 bridgehead atoms. The molecule has 110 valence electrons. The molecule has 0 aromatic heterocycles. The average Bonchev–Trinajstić information content (AvgIpc) is 2.30. The van der Waals surface area contributed by atoms with Crippen LogP contribution in [-0.2, 0) is 4.79 Å². The van der Waals surface area contributed by atoms with Gasteiger partial charge in [0, 0.05) is 0 Å². The highest BCUT2D eigenvalue weighted by molar-refractivity contribution is 6.07. The Kier molecular flexibility index (Phi) is 4.26. The van der Waals surface area contributed by atoms with E-state index in [1.807, 2.05) is 0 Å². The molecule has 1 rings (SSSR count). The van der Waals surface area contributed by atoms with Gasteiger partial charge in [-0.05, 0) is 18.8 Å². The maximum atomic E-state index is 12.7. The highest BCUT2D eigenvalue weighted by Gasteiger charge is 2.53. The first-order valence-electron chi connectivity index (χ1n) is 5.58. The molecule has 9 heteroatoms. The minimum absolute atomic E-state index is 0.0988. The summed E-state index contributed by atoms with van der Waals surface area (Å²) in [5.41, 5.74) is 4.00. The summed E-state index contributed by atoms with van der Waals surface area (Å²) < 4.78 is 49.3. The van der Waals surface area contributed by atoms with Gasteiger partial charge in [0.15, 0.2) is 5.84 Å². The number of halogens is 4. The van der Waals surface area contributed by atoms with E-state index in [0.29, 0.717) is 0 Å². The number of oxime groups is 1. The number of rotatable bonds is 5. The number of carbonyl (C=O) groups excluding carboxylic acids is 1. The first-order valence-corrected chi connectivity index (χ1v) is 5.58. The van der Waals surface area contributed by atoms with Crippen LogP contribution in [0.25, 0.3) is 0 Å². The van der Waals surface area contributed by atoms with E-state index in [1.54, 1.807) is 12.2 Å². The van der Waals surface area contributed by atoms with Crippen LogP contribution in [0.4, 0.5) is 17.6 Å². The van der Waals surface area contributed by atoms with Crippen molar-refractivity contribution in [1.29, 1.82) is 0 Å². The van der Waals surface area contributed by atoms with Crippen LogP contribution < -0.4 is 11.1 Å². The number of hydrogen-bond acceptors (Lipinski definition) is 3. The third-order valence-electron chi connectivity index (χ3n) is 3.23. The van der Waals surface area contributed by atoms with Crippen LogP contribution in [0.1, 0.15) is 19.8 Å². The van der Waals surface area contributed by atoms with Crippen LogP contribution in [0, 0.1) is 11.3 Å². The van der Waals surface area contributed by atoms with Gasteiger partial charge in [-0.3, -0.25) is 4.79 Å². The Balaban J connectivity index is 2.71. The van der Waals surface area contributed by atoms with Crippen molar-refractivity contribution < 1.29 is 27.6 Å². The molecule has 0 atom stereocenters. The highest BCUT2D eigenvalue weighted by atomic mass is 19.3. The van der Waals surface area contributed by atoms with Crippen molar-refractivity contribution in [3.05, 3.63) is 0 Å². The second-order valence-corrected chi connectivity index (χ2v) is 4.83. The molecule has 0 aromatic carbocycles. The summed E-state index contributed by atoms with van der Waals surface area (Å²) in [6.45, 7) is 0.308. The number of nitrogens with one attached hydrogen (secondary N) is 1. The molecular weight excluding hydrogens is 270 g/mol. The summed E-state index contributed by atoms with van der Waals surface area (Å²) in [5, 5.41) is 13.1. The van der Waals surface area contributed by atoms with E-state index in [1.165, 1.54) is 0 Å². The second-order valence-electron chi connectivity index (χ2n) is 4.83. The van der Waals surface area contributed by atoms with Crippen molar-refractivity contribution >= 4 is 11.7 Å². The Morgan fingerprint density at radius 1 is 1.58 bits per heavy atom. The van der Waals surface area contributed by atoms with Gasteiger partial charge in [-0.25, -0.2) is 8.78 Å². The smallest absolute Gasteiger partial charge is 0.324 e. The van der Waals surface area contributed by atoms with E-state index in [9.17, 15) is 22.4 Å². The maximum absolute atomic E-state index is 12.7. The highest BCUT2D eigenvalue weighted by Crippen LogP contribution is 2.46. The average molecular weight is 285 g/mol. The van der Waals surface area contributed by atoms with Crippen molar-refractivity contribution in [3.63, 3.8) is 0 Å². The van der Waals surface area contributed by atoms with E-state index < -0.39 is 36.1 Å². The lowest BCUT2D eigenvalue weighted by Gasteiger charge is -2.43. The summed E-state index contributed by atoms with van der Waals surface area (Å²) in [6.07, 6.45) is -3.43. The van der Waals surface area contributed by atoms with Crippen LogP contribution in [0.5, 0.6) is 0 Å². The number of amidine groups is 1. The Morgan fingerprint density at radius 2 is 2.11 bits per heavy atom. The monoisotopic (exact) mass is 285 g/mol. The Hall–Kier alpha value is -1.54. The van der Waals surface area contributed by atoms with Gasteiger partial charge in [0.25, 0.3) is 0 Å². The fourth-order valence-corrected chi connectivity index (χ4v) is 2.18. The zero-order valence-electron chi connectivity index (χ0n) is 10.2. The number of carbonyl (C=O) groups is 1. The quantitative estimate of drug-likeness (QED) is 0.233. The van der Waals surface area contributed by atoms with Crippen molar-refractivity contribution in [2.45, 2.75) is 32.1 Å². The van der Waals surface area contributed by atoms with Gasteiger partial charge in [0.1, 0.15) is 5.41 Å². The second kappa shape index (κ2) is 5.22. The molecule has 0 heterocycles. The Labute approximate surface area is 106 Å². The third kappa shape index (κ3) is 2.90. The zero-order valence-corrected chi connectivity index (χ0v) is 10.2.